The first kappa shape index (κ1) is 35.0. The fourth-order valence-electron chi connectivity index (χ4n) is 6.51. The molecule has 15 heteroatoms. The standard InChI is InChI=1S/C33H41F3N4O8/c1-31(2,3)48-29(45)37-24-10-8-6-4-5-7-9-22-15-32(22,28(43)44)38-26(41)25-14-23(18-40(25)27(24)42)47-30(46)39-16-19-11-12-21(33(34,35)36)13-20(19)17-39/h7,9,11-13,22-25H,4-6,8,10,14-18H2,1-3H3,(H,37,45)(H,38,41)(H,43,44)/b9-7-/t22-,23-,24+,25+,32-/m1/s1. The van der Waals surface area contributed by atoms with Crippen molar-refractivity contribution in [3.63, 3.8) is 0 Å². The minimum atomic E-state index is -4.54. The largest absolute Gasteiger partial charge is 0.479 e. The SMILES string of the molecule is CC(C)(C)OC(=O)N[C@H]1CCCCC/C=C\[C@@H]2C[C@@]2(C(=O)O)NC(=O)[C@@H]2C[C@@H](OC(=O)N3Cc4ccc(C(F)(F)F)cc4C3)CN2C1=O. The van der Waals surface area contributed by atoms with E-state index in [0.717, 1.165) is 25.0 Å². The first-order valence-corrected chi connectivity index (χ1v) is 16.1. The van der Waals surface area contributed by atoms with Crippen molar-refractivity contribution in [2.24, 2.45) is 5.92 Å². The Kier molecular flexibility index (Phi) is 9.71. The number of nitrogens with one attached hydrogen (secondary N) is 2. The van der Waals surface area contributed by atoms with E-state index in [4.69, 9.17) is 9.47 Å². The minimum absolute atomic E-state index is 0.0174. The number of alkyl halides is 3. The Hall–Kier alpha value is -4.30. The first-order chi connectivity index (χ1) is 22.5. The lowest BCUT2D eigenvalue weighted by atomic mass is 10.0. The van der Waals surface area contributed by atoms with Crippen LogP contribution >= 0.6 is 0 Å². The Bertz CT molecular complexity index is 1490. The Balaban J connectivity index is 1.36. The first-order valence-electron chi connectivity index (χ1n) is 16.1. The van der Waals surface area contributed by atoms with Gasteiger partial charge in [0.05, 0.1) is 12.1 Å². The number of hydrogen-bond donors (Lipinski definition) is 3. The monoisotopic (exact) mass is 678 g/mol. The predicted octanol–water partition coefficient (Wildman–Crippen LogP) is 4.50. The summed E-state index contributed by atoms with van der Waals surface area (Å²) in [6, 6.07) is 0.954. The Morgan fingerprint density at radius 1 is 1.06 bits per heavy atom. The number of carboxylic acids is 1. The van der Waals surface area contributed by atoms with Crippen LogP contribution in [0.5, 0.6) is 0 Å². The van der Waals surface area contributed by atoms with Gasteiger partial charge in [0.1, 0.15) is 29.3 Å². The van der Waals surface area contributed by atoms with Crippen LogP contribution in [0.1, 0.15) is 82.4 Å². The molecule has 3 N–H and O–H groups in total. The number of carbonyl (C=O) groups excluding carboxylic acids is 4. The minimum Gasteiger partial charge on any atom is -0.479 e. The van der Waals surface area contributed by atoms with Crippen molar-refractivity contribution in [1.29, 1.82) is 0 Å². The number of carboxylic acid groups (broad SMARTS) is 1. The van der Waals surface area contributed by atoms with E-state index >= 15 is 0 Å². The van der Waals surface area contributed by atoms with E-state index in [1.165, 1.54) is 15.9 Å². The van der Waals surface area contributed by atoms with Gasteiger partial charge in [-0.05, 0) is 69.7 Å². The molecule has 5 atom stereocenters. The van der Waals surface area contributed by atoms with E-state index in [1.807, 2.05) is 6.08 Å². The number of allylic oxidation sites excluding steroid dienone is 1. The maximum absolute atomic E-state index is 14.1. The molecule has 1 saturated carbocycles. The summed E-state index contributed by atoms with van der Waals surface area (Å²) in [6.07, 6.45) is -0.507. The fraction of sp³-hybridized carbons (Fsp3) is 0.606. The molecule has 3 heterocycles. The molecule has 0 spiro atoms. The van der Waals surface area contributed by atoms with Crippen molar-refractivity contribution in [3.8, 4) is 0 Å². The van der Waals surface area contributed by atoms with Gasteiger partial charge in [0.15, 0.2) is 0 Å². The Labute approximate surface area is 276 Å². The molecule has 4 aliphatic rings. The van der Waals surface area contributed by atoms with Gasteiger partial charge in [-0.2, -0.15) is 13.2 Å². The number of amides is 4. The summed E-state index contributed by atoms with van der Waals surface area (Å²) in [5.74, 6) is -2.99. The quantitative estimate of drug-likeness (QED) is 0.395. The van der Waals surface area contributed by atoms with Crippen molar-refractivity contribution in [2.45, 2.75) is 114 Å². The van der Waals surface area contributed by atoms with Crippen LogP contribution in [0.2, 0.25) is 0 Å². The van der Waals surface area contributed by atoms with Gasteiger partial charge in [-0.1, -0.05) is 31.1 Å². The molecule has 4 amide bonds. The third-order valence-electron chi connectivity index (χ3n) is 9.09. The summed E-state index contributed by atoms with van der Waals surface area (Å²) in [5, 5.41) is 15.3. The number of aliphatic carboxylic acids is 1. The molecule has 1 aromatic rings. The van der Waals surface area contributed by atoms with E-state index in [1.54, 1.807) is 26.8 Å². The Morgan fingerprint density at radius 2 is 1.79 bits per heavy atom. The number of hydrogen-bond acceptors (Lipinski definition) is 7. The highest BCUT2D eigenvalue weighted by Crippen LogP contribution is 2.45. The molecule has 0 radical (unpaired) electrons. The molecule has 1 aromatic carbocycles. The van der Waals surface area contributed by atoms with Crippen LogP contribution in [0.3, 0.4) is 0 Å². The highest BCUT2D eigenvalue weighted by atomic mass is 19.4. The predicted molar refractivity (Wildman–Crippen MR) is 163 cm³/mol. The van der Waals surface area contributed by atoms with Crippen molar-refractivity contribution in [1.82, 2.24) is 20.4 Å². The van der Waals surface area contributed by atoms with Crippen LogP contribution in [0.25, 0.3) is 0 Å². The normalized spacial score (nSPS) is 28.5. The molecule has 262 valence electrons. The summed E-state index contributed by atoms with van der Waals surface area (Å²) in [5.41, 5.74) is -2.34. The fourth-order valence-corrected chi connectivity index (χ4v) is 6.51. The molecule has 3 aliphatic heterocycles. The van der Waals surface area contributed by atoms with Crippen LogP contribution in [-0.2, 0) is 43.1 Å². The third kappa shape index (κ3) is 7.87. The zero-order valence-corrected chi connectivity index (χ0v) is 27.1. The molecule has 0 bridgehead atoms. The van der Waals surface area contributed by atoms with Crippen LogP contribution in [0.15, 0.2) is 30.4 Å². The third-order valence-corrected chi connectivity index (χ3v) is 9.09. The Morgan fingerprint density at radius 3 is 2.48 bits per heavy atom. The van der Waals surface area contributed by atoms with Gasteiger partial charge in [0.25, 0.3) is 0 Å². The average molecular weight is 679 g/mol. The van der Waals surface area contributed by atoms with Crippen LogP contribution in [-0.4, -0.2) is 80.7 Å². The van der Waals surface area contributed by atoms with Crippen molar-refractivity contribution in [3.05, 3.63) is 47.0 Å². The summed E-state index contributed by atoms with van der Waals surface area (Å²) in [6.45, 7) is 4.71. The summed E-state index contributed by atoms with van der Waals surface area (Å²) >= 11 is 0. The van der Waals surface area contributed by atoms with Gasteiger partial charge in [-0.15, -0.1) is 0 Å². The van der Waals surface area contributed by atoms with Crippen LogP contribution in [0.4, 0.5) is 22.8 Å². The zero-order chi connectivity index (χ0) is 35.0. The summed E-state index contributed by atoms with van der Waals surface area (Å²) in [4.78, 5) is 68.5. The van der Waals surface area contributed by atoms with Crippen LogP contribution in [0, 0.1) is 5.92 Å². The second kappa shape index (κ2) is 13.3. The maximum Gasteiger partial charge on any atom is 0.416 e. The molecule has 1 saturated heterocycles. The number of alkyl carbamates (subject to hydrolysis) is 1. The van der Waals surface area contributed by atoms with Gasteiger partial charge in [-0.3, -0.25) is 14.5 Å². The number of rotatable bonds is 3. The van der Waals surface area contributed by atoms with Crippen LogP contribution < -0.4 is 10.6 Å². The molecule has 1 aliphatic carbocycles. The molecule has 0 unspecified atom stereocenters. The lowest BCUT2D eigenvalue weighted by Gasteiger charge is -2.30. The highest BCUT2D eigenvalue weighted by molar-refractivity contribution is 5.96. The number of halogens is 3. The van der Waals surface area contributed by atoms with E-state index in [0.29, 0.717) is 24.0 Å². The molecule has 0 aromatic heterocycles. The smallest absolute Gasteiger partial charge is 0.416 e. The molecular weight excluding hydrogens is 637 g/mol. The number of nitrogens with zero attached hydrogens (tertiary/aromatic N) is 2. The second-order valence-electron chi connectivity index (χ2n) is 13.9. The van der Waals surface area contributed by atoms with Crippen molar-refractivity contribution < 1.29 is 51.7 Å². The van der Waals surface area contributed by atoms with Gasteiger partial charge in [0, 0.05) is 25.4 Å². The molecule has 2 fully saturated rings. The zero-order valence-electron chi connectivity index (χ0n) is 27.1. The topological polar surface area (TPSA) is 155 Å². The van der Waals surface area contributed by atoms with Gasteiger partial charge in [-0.25, -0.2) is 14.4 Å². The van der Waals surface area contributed by atoms with Gasteiger partial charge < -0.3 is 30.1 Å². The summed E-state index contributed by atoms with van der Waals surface area (Å²) < 4.78 is 50.8. The molecule has 5 rings (SSSR count). The molecule has 12 nitrogen and oxygen atoms in total. The van der Waals surface area contributed by atoms with E-state index in [-0.39, 0.29) is 38.9 Å². The van der Waals surface area contributed by atoms with E-state index < -0.39 is 77.0 Å². The van der Waals surface area contributed by atoms with Gasteiger partial charge in [0.2, 0.25) is 11.8 Å². The number of fused-ring (bicyclic) bond motifs is 3. The van der Waals surface area contributed by atoms with E-state index in [9.17, 15) is 42.3 Å². The second-order valence-corrected chi connectivity index (χ2v) is 13.9. The van der Waals surface area contributed by atoms with Crippen molar-refractivity contribution >= 4 is 30.0 Å². The highest BCUT2D eigenvalue weighted by Gasteiger charge is 2.61. The molecular formula is C33H41F3N4O8. The molecule has 48 heavy (non-hydrogen) atoms. The van der Waals surface area contributed by atoms with Crippen molar-refractivity contribution in [2.75, 3.05) is 6.54 Å². The number of ether oxygens (including phenoxy) is 2. The van der Waals surface area contributed by atoms with E-state index in [2.05, 4.69) is 10.6 Å². The van der Waals surface area contributed by atoms with Gasteiger partial charge >= 0.3 is 24.3 Å². The number of benzene rings is 1. The lowest BCUT2D eigenvalue weighted by Crippen LogP contribution is -2.56. The maximum atomic E-state index is 14.1. The average Bonchev–Trinajstić information content (AvgIpc) is 3.30. The lowest BCUT2D eigenvalue weighted by molar-refractivity contribution is -0.145. The summed E-state index contributed by atoms with van der Waals surface area (Å²) in [7, 11) is 0. The number of carbonyl (C=O) groups is 5.